The Kier molecular flexibility index (Phi) is 7.19. The van der Waals surface area contributed by atoms with Crippen molar-refractivity contribution in [3.8, 4) is 61.9 Å². The first kappa shape index (κ1) is 25.3. The summed E-state index contributed by atoms with van der Waals surface area (Å²) in [5.74, 6) is 1.58. The van der Waals surface area contributed by atoms with E-state index in [0.29, 0.717) is 5.82 Å². The number of ether oxygens (including phenoxy) is 1. The molecule has 0 unspecified atom stereocenters. The predicted molar refractivity (Wildman–Crippen MR) is 165 cm³/mol. The number of aromatic nitrogens is 2. The van der Waals surface area contributed by atoms with E-state index in [4.69, 9.17) is 14.7 Å². The summed E-state index contributed by atoms with van der Waals surface area (Å²) in [5.41, 5.74) is 10.7. The molecule has 3 heteroatoms. The third kappa shape index (κ3) is 5.27. The molecule has 0 aliphatic carbocycles. The van der Waals surface area contributed by atoms with E-state index in [1.165, 1.54) is 27.8 Å². The Morgan fingerprint density at radius 3 is 1.45 bits per heavy atom. The zero-order chi connectivity index (χ0) is 27.3. The van der Waals surface area contributed by atoms with Crippen molar-refractivity contribution in [2.75, 3.05) is 7.11 Å². The number of hydrogen-bond donors (Lipinski definition) is 0. The maximum atomic E-state index is 5.67. The molecule has 0 N–H and O–H groups in total. The SMILES string of the molecule is CCc1ccc(-c2cc(-c3ccc(-c4ccc(-c5ccccc5)cc4)cc3)nc(-c3ccccc3)n2)cc1OC. The Morgan fingerprint density at radius 1 is 0.475 bits per heavy atom. The molecule has 0 saturated carbocycles. The van der Waals surface area contributed by atoms with E-state index in [-0.39, 0.29) is 0 Å². The Balaban J connectivity index is 1.36. The van der Waals surface area contributed by atoms with E-state index in [1.807, 2.05) is 36.4 Å². The van der Waals surface area contributed by atoms with Gasteiger partial charge < -0.3 is 4.74 Å². The molecule has 1 heterocycles. The Hall–Kier alpha value is -5.02. The normalized spacial score (nSPS) is 10.8. The average molecular weight is 519 g/mol. The van der Waals surface area contributed by atoms with Crippen molar-refractivity contribution in [2.24, 2.45) is 0 Å². The number of nitrogens with zero attached hydrogens (tertiary/aromatic N) is 2. The molecule has 0 amide bonds. The third-order valence-electron chi connectivity index (χ3n) is 7.23. The molecule has 0 radical (unpaired) electrons. The molecule has 0 bridgehead atoms. The van der Waals surface area contributed by atoms with Gasteiger partial charge in [-0.25, -0.2) is 9.97 Å². The van der Waals surface area contributed by atoms with Crippen LogP contribution in [0.25, 0.3) is 56.2 Å². The summed E-state index contributed by atoms with van der Waals surface area (Å²) >= 11 is 0. The fourth-order valence-corrected chi connectivity index (χ4v) is 4.97. The number of rotatable bonds is 7. The molecule has 6 aromatic rings. The van der Waals surface area contributed by atoms with Crippen LogP contribution in [-0.2, 0) is 6.42 Å². The summed E-state index contributed by atoms with van der Waals surface area (Å²) < 4.78 is 5.67. The van der Waals surface area contributed by atoms with Crippen molar-refractivity contribution < 1.29 is 4.74 Å². The Bertz CT molecular complexity index is 1730. The molecule has 0 spiro atoms. The van der Waals surface area contributed by atoms with Gasteiger partial charge in [-0.05, 0) is 46.4 Å². The van der Waals surface area contributed by atoms with Crippen LogP contribution in [0.2, 0.25) is 0 Å². The second kappa shape index (κ2) is 11.4. The fourth-order valence-electron chi connectivity index (χ4n) is 4.97. The quantitative estimate of drug-likeness (QED) is 0.211. The summed E-state index contributed by atoms with van der Waals surface area (Å²) in [6, 6.07) is 46.3. The first-order valence-electron chi connectivity index (χ1n) is 13.6. The van der Waals surface area contributed by atoms with Gasteiger partial charge in [-0.3, -0.25) is 0 Å². The highest BCUT2D eigenvalue weighted by molar-refractivity contribution is 5.75. The van der Waals surface area contributed by atoms with Crippen LogP contribution in [0, 0.1) is 0 Å². The van der Waals surface area contributed by atoms with Crippen LogP contribution in [0.3, 0.4) is 0 Å². The van der Waals surface area contributed by atoms with Crippen molar-refractivity contribution in [1.82, 2.24) is 9.97 Å². The minimum atomic E-state index is 0.701. The van der Waals surface area contributed by atoms with Crippen molar-refractivity contribution in [3.05, 3.63) is 139 Å². The van der Waals surface area contributed by atoms with Gasteiger partial charge in [-0.2, -0.15) is 0 Å². The van der Waals surface area contributed by atoms with Crippen LogP contribution in [0.5, 0.6) is 5.75 Å². The van der Waals surface area contributed by atoms with Crippen LogP contribution in [-0.4, -0.2) is 17.1 Å². The van der Waals surface area contributed by atoms with Crippen molar-refractivity contribution >= 4 is 0 Å². The van der Waals surface area contributed by atoms with E-state index < -0.39 is 0 Å². The smallest absolute Gasteiger partial charge is 0.160 e. The number of aryl methyl sites for hydroxylation is 1. The molecule has 0 aliphatic rings. The van der Waals surface area contributed by atoms with Crippen LogP contribution in [0.1, 0.15) is 12.5 Å². The van der Waals surface area contributed by atoms with Gasteiger partial charge >= 0.3 is 0 Å². The molecule has 0 atom stereocenters. The maximum absolute atomic E-state index is 5.67. The summed E-state index contributed by atoms with van der Waals surface area (Å²) in [6.07, 6.45) is 0.912. The van der Waals surface area contributed by atoms with Gasteiger partial charge in [-0.1, -0.05) is 128 Å². The lowest BCUT2D eigenvalue weighted by molar-refractivity contribution is 0.410. The lowest BCUT2D eigenvalue weighted by Gasteiger charge is -2.12. The molecule has 0 aliphatic heterocycles. The van der Waals surface area contributed by atoms with E-state index in [1.54, 1.807) is 7.11 Å². The largest absolute Gasteiger partial charge is 0.496 e. The molecular formula is C37H30N2O. The molecular weight excluding hydrogens is 488 g/mol. The molecule has 40 heavy (non-hydrogen) atoms. The van der Waals surface area contributed by atoms with Gasteiger partial charge in [0.05, 0.1) is 18.5 Å². The summed E-state index contributed by atoms with van der Waals surface area (Å²) in [6.45, 7) is 2.13. The summed E-state index contributed by atoms with van der Waals surface area (Å²) in [5, 5.41) is 0. The van der Waals surface area contributed by atoms with E-state index in [9.17, 15) is 0 Å². The summed E-state index contributed by atoms with van der Waals surface area (Å²) in [4.78, 5) is 9.94. The highest BCUT2D eigenvalue weighted by Crippen LogP contribution is 2.32. The standard InChI is InChI=1S/C37H30N2O/c1-3-26-14-23-33(24-36(26)40-2)35-25-34(38-37(39-35)32-12-8-5-9-13-32)31-21-19-30(20-22-31)29-17-15-28(16-18-29)27-10-6-4-7-11-27/h4-25H,3H2,1-2H3. The van der Waals surface area contributed by atoms with Gasteiger partial charge in [0.25, 0.3) is 0 Å². The minimum absolute atomic E-state index is 0.701. The van der Waals surface area contributed by atoms with E-state index in [0.717, 1.165) is 40.2 Å². The van der Waals surface area contributed by atoms with E-state index in [2.05, 4.69) is 104 Å². The van der Waals surface area contributed by atoms with Crippen LogP contribution >= 0.6 is 0 Å². The minimum Gasteiger partial charge on any atom is -0.496 e. The average Bonchev–Trinajstić information content (AvgIpc) is 3.05. The van der Waals surface area contributed by atoms with Gasteiger partial charge in [0.15, 0.2) is 5.82 Å². The van der Waals surface area contributed by atoms with E-state index >= 15 is 0 Å². The van der Waals surface area contributed by atoms with Gasteiger partial charge in [0.1, 0.15) is 5.75 Å². The molecule has 1 aromatic heterocycles. The first-order valence-corrected chi connectivity index (χ1v) is 13.6. The Labute approximate surface area is 235 Å². The third-order valence-corrected chi connectivity index (χ3v) is 7.23. The second-order valence-electron chi connectivity index (χ2n) is 9.73. The first-order chi connectivity index (χ1) is 19.7. The zero-order valence-corrected chi connectivity index (χ0v) is 22.7. The highest BCUT2D eigenvalue weighted by atomic mass is 16.5. The highest BCUT2D eigenvalue weighted by Gasteiger charge is 2.13. The van der Waals surface area contributed by atoms with Gasteiger partial charge in [0.2, 0.25) is 0 Å². The molecule has 0 fully saturated rings. The van der Waals surface area contributed by atoms with Crippen LogP contribution in [0.4, 0.5) is 0 Å². The van der Waals surface area contributed by atoms with Crippen LogP contribution < -0.4 is 4.74 Å². The molecule has 0 saturated heterocycles. The predicted octanol–water partition coefficient (Wildman–Crippen LogP) is 9.38. The molecule has 194 valence electrons. The number of hydrogen-bond acceptors (Lipinski definition) is 3. The molecule has 6 rings (SSSR count). The second-order valence-corrected chi connectivity index (χ2v) is 9.73. The molecule has 5 aromatic carbocycles. The fraction of sp³-hybridized carbons (Fsp3) is 0.0811. The molecule has 3 nitrogen and oxygen atoms in total. The van der Waals surface area contributed by atoms with Gasteiger partial charge in [-0.15, -0.1) is 0 Å². The number of methoxy groups -OCH3 is 1. The lowest BCUT2D eigenvalue weighted by Crippen LogP contribution is -1.97. The maximum Gasteiger partial charge on any atom is 0.160 e. The number of benzene rings is 5. The van der Waals surface area contributed by atoms with Crippen molar-refractivity contribution in [2.45, 2.75) is 13.3 Å². The van der Waals surface area contributed by atoms with Crippen molar-refractivity contribution in [3.63, 3.8) is 0 Å². The van der Waals surface area contributed by atoms with Gasteiger partial charge in [0, 0.05) is 16.7 Å². The Morgan fingerprint density at radius 2 is 0.925 bits per heavy atom. The van der Waals surface area contributed by atoms with Crippen molar-refractivity contribution in [1.29, 1.82) is 0 Å². The van der Waals surface area contributed by atoms with Crippen LogP contribution in [0.15, 0.2) is 133 Å². The summed E-state index contributed by atoms with van der Waals surface area (Å²) in [7, 11) is 1.72. The zero-order valence-electron chi connectivity index (χ0n) is 22.7. The topological polar surface area (TPSA) is 35.0 Å². The lowest BCUT2D eigenvalue weighted by atomic mass is 9.98. The monoisotopic (exact) mass is 518 g/mol.